The first kappa shape index (κ1) is 17.6. The number of likely N-dealkylation sites (N-methyl/N-ethyl adjacent to an activating group) is 1. The minimum absolute atomic E-state index is 0.0511. The van der Waals surface area contributed by atoms with Crippen molar-refractivity contribution in [3.05, 3.63) is 24.3 Å². The number of nitrogens with one attached hydrogen (secondary N) is 1. The number of para-hydroxylation sites is 2. The van der Waals surface area contributed by atoms with Gasteiger partial charge in [0.25, 0.3) is 0 Å². The summed E-state index contributed by atoms with van der Waals surface area (Å²) >= 11 is 0. The fourth-order valence-corrected chi connectivity index (χ4v) is 3.15. The van der Waals surface area contributed by atoms with Crippen LogP contribution in [0.4, 0.5) is 16.2 Å². The maximum atomic E-state index is 12.9. The summed E-state index contributed by atoms with van der Waals surface area (Å²) in [6.07, 6.45) is 0.0718. The van der Waals surface area contributed by atoms with Crippen LogP contribution in [-0.4, -0.2) is 58.6 Å². The number of fused-ring (bicyclic) bond motifs is 1. The van der Waals surface area contributed by atoms with Crippen molar-refractivity contribution < 1.29 is 24.0 Å². The van der Waals surface area contributed by atoms with E-state index in [1.54, 1.807) is 38.1 Å². The van der Waals surface area contributed by atoms with Gasteiger partial charge in [-0.25, -0.2) is 9.69 Å². The molecule has 1 N–H and O–H groups in total. The average molecular weight is 358 g/mol. The lowest BCUT2D eigenvalue weighted by molar-refractivity contribution is -0.143. The predicted molar refractivity (Wildman–Crippen MR) is 91.1 cm³/mol. The summed E-state index contributed by atoms with van der Waals surface area (Å²) in [4.78, 5) is 63.7. The lowest BCUT2D eigenvalue weighted by Crippen LogP contribution is -2.47. The van der Waals surface area contributed by atoms with Crippen LogP contribution in [0.3, 0.4) is 0 Å². The van der Waals surface area contributed by atoms with Gasteiger partial charge in [-0.3, -0.25) is 24.1 Å². The number of amides is 6. The number of carbonyl (C=O) groups is 5. The number of nitrogens with zero attached hydrogens (tertiary/aromatic N) is 3. The highest BCUT2D eigenvalue weighted by Crippen LogP contribution is 2.31. The van der Waals surface area contributed by atoms with Crippen molar-refractivity contribution in [2.75, 3.05) is 23.3 Å². The molecule has 136 valence electrons. The van der Waals surface area contributed by atoms with Crippen molar-refractivity contribution in [1.29, 1.82) is 0 Å². The van der Waals surface area contributed by atoms with Gasteiger partial charge in [0, 0.05) is 19.0 Å². The number of hydrogen-bond donors (Lipinski definition) is 1. The van der Waals surface area contributed by atoms with Gasteiger partial charge >= 0.3 is 17.8 Å². The Morgan fingerprint density at radius 1 is 1.12 bits per heavy atom. The first-order chi connectivity index (χ1) is 12.3. The van der Waals surface area contributed by atoms with E-state index in [1.807, 2.05) is 0 Å². The van der Waals surface area contributed by atoms with Crippen LogP contribution >= 0.6 is 0 Å². The van der Waals surface area contributed by atoms with Gasteiger partial charge in [-0.1, -0.05) is 12.1 Å². The van der Waals surface area contributed by atoms with Gasteiger partial charge in [-0.15, -0.1) is 0 Å². The highest BCUT2D eigenvalue weighted by molar-refractivity contribution is 6.45. The minimum Gasteiger partial charge on any atom is -0.324 e. The molecule has 0 spiro atoms. The Morgan fingerprint density at radius 2 is 1.77 bits per heavy atom. The first-order valence-corrected chi connectivity index (χ1v) is 8.23. The zero-order valence-electron chi connectivity index (χ0n) is 14.4. The van der Waals surface area contributed by atoms with Gasteiger partial charge in [0.1, 0.15) is 6.54 Å². The molecule has 1 saturated heterocycles. The Labute approximate surface area is 149 Å². The van der Waals surface area contributed by atoms with Crippen molar-refractivity contribution >= 4 is 41.0 Å². The van der Waals surface area contributed by atoms with E-state index in [1.165, 1.54) is 4.90 Å². The van der Waals surface area contributed by atoms with E-state index in [2.05, 4.69) is 5.32 Å². The molecule has 26 heavy (non-hydrogen) atoms. The van der Waals surface area contributed by atoms with E-state index < -0.39 is 36.3 Å². The van der Waals surface area contributed by atoms with Gasteiger partial charge < -0.3 is 10.2 Å². The van der Waals surface area contributed by atoms with Gasteiger partial charge in [-0.2, -0.15) is 0 Å². The molecule has 9 heteroatoms. The Hall–Kier alpha value is -3.23. The van der Waals surface area contributed by atoms with Crippen molar-refractivity contribution in [1.82, 2.24) is 9.80 Å². The van der Waals surface area contributed by atoms with E-state index in [0.29, 0.717) is 16.3 Å². The zero-order chi connectivity index (χ0) is 19.0. The number of anilines is 2. The van der Waals surface area contributed by atoms with E-state index in [0.717, 1.165) is 4.90 Å². The normalized spacial score (nSPS) is 20.2. The molecule has 0 aromatic heterocycles. The van der Waals surface area contributed by atoms with Gasteiger partial charge in [-0.05, 0) is 26.0 Å². The van der Waals surface area contributed by atoms with Gasteiger partial charge in [0.15, 0.2) is 0 Å². The molecule has 9 nitrogen and oxygen atoms in total. The standard InChI is InChI=1S/C17H18N4O5/c1-3-19-15(24)16(25)20(17(19)26)9-14(23)21-10(2)8-13(22)18-11-6-4-5-7-12(11)21/h4-7,10H,3,8-9H2,1-2H3,(H,18,22)/t10-/m0/s1. The summed E-state index contributed by atoms with van der Waals surface area (Å²) in [5, 5.41) is 2.73. The Morgan fingerprint density at radius 3 is 2.42 bits per heavy atom. The van der Waals surface area contributed by atoms with Crippen LogP contribution in [0.5, 0.6) is 0 Å². The molecular weight excluding hydrogens is 340 g/mol. The van der Waals surface area contributed by atoms with Crippen molar-refractivity contribution in [3.63, 3.8) is 0 Å². The summed E-state index contributed by atoms with van der Waals surface area (Å²) in [6.45, 7) is 2.76. The summed E-state index contributed by atoms with van der Waals surface area (Å²) in [5.74, 6) is -2.74. The van der Waals surface area contributed by atoms with E-state index in [-0.39, 0.29) is 18.9 Å². The maximum absolute atomic E-state index is 12.9. The molecule has 0 saturated carbocycles. The summed E-state index contributed by atoms with van der Waals surface area (Å²) in [7, 11) is 0. The van der Waals surface area contributed by atoms with E-state index >= 15 is 0 Å². The second-order valence-corrected chi connectivity index (χ2v) is 6.11. The lowest BCUT2D eigenvalue weighted by atomic mass is 10.1. The molecule has 0 bridgehead atoms. The number of hydrogen-bond acceptors (Lipinski definition) is 5. The Kier molecular flexibility index (Phi) is 4.45. The second-order valence-electron chi connectivity index (χ2n) is 6.11. The van der Waals surface area contributed by atoms with Crippen LogP contribution in [0.15, 0.2) is 24.3 Å². The maximum Gasteiger partial charge on any atom is 0.334 e. The van der Waals surface area contributed by atoms with Crippen LogP contribution in [0.25, 0.3) is 0 Å². The number of benzene rings is 1. The van der Waals surface area contributed by atoms with E-state index in [9.17, 15) is 24.0 Å². The van der Waals surface area contributed by atoms with Crippen LogP contribution < -0.4 is 10.2 Å². The third kappa shape index (κ3) is 2.81. The molecule has 1 atom stereocenters. The van der Waals surface area contributed by atoms with Crippen molar-refractivity contribution in [2.45, 2.75) is 26.3 Å². The molecule has 3 rings (SSSR count). The van der Waals surface area contributed by atoms with Crippen LogP contribution in [-0.2, 0) is 19.2 Å². The third-order valence-electron chi connectivity index (χ3n) is 4.37. The highest BCUT2D eigenvalue weighted by atomic mass is 16.2. The van der Waals surface area contributed by atoms with Crippen LogP contribution in [0.2, 0.25) is 0 Å². The molecule has 0 aliphatic carbocycles. The Bertz CT molecular complexity index is 821. The lowest BCUT2D eigenvalue weighted by Gasteiger charge is -2.29. The van der Waals surface area contributed by atoms with Crippen molar-refractivity contribution in [2.24, 2.45) is 0 Å². The van der Waals surface area contributed by atoms with Crippen molar-refractivity contribution in [3.8, 4) is 0 Å². The molecule has 1 aromatic carbocycles. The molecule has 2 aliphatic heterocycles. The number of imide groups is 2. The molecule has 2 heterocycles. The largest absolute Gasteiger partial charge is 0.334 e. The molecular formula is C17H18N4O5. The molecule has 1 fully saturated rings. The third-order valence-corrected chi connectivity index (χ3v) is 4.37. The highest BCUT2D eigenvalue weighted by Gasteiger charge is 2.45. The van der Waals surface area contributed by atoms with E-state index in [4.69, 9.17) is 0 Å². The molecule has 0 radical (unpaired) electrons. The summed E-state index contributed by atoms with van der Waals surface area (Å²) in [6, 6.07) is 5.51. The smallest absolute Gasteiger partial charge is 0.324 e. The summed E-state index contributed by atoms with van der Waals surface area (Å²) in [5.41, 5.74) is 0.953. The Balaban J connectivity index is 1.90. The minimum atomic E-state index is -1.02. The molecule has 1 aromatic rings. The number of carbonyl (C=O) groups excluding carboxylic acids is 5. The molecule has 2 aliphatic rings. The number of rotatable bonds is 3. The monoisotopic (exact) mass is 358 g/mol. The van der Waals surface area contributed by atoms with Crippen LogP contribution in [0.1, 0.15) is 20.3 Å². The van der Waals surface area contributed by atoms with Gasteiger partial charge in [0.05, 0.1) is 11.4 Å². The fraction of sp³-hybridized carbons (Fsp3) is 0.353. The topological polar surface area (TPSA) is 107 Å². The molecule has 0 unspecified atom stereocenters. The first-order valence-electron chi connectivity index (χ1n) is 8.23. The predicted octanol–water partition coefficient (Wildman–Crippen LogP) is 0.561. The zero-order valence-corrected chi connectivity index (χ0v) is 14.4. The second kappa shape index (κ2) is 6.58. The average Bonchev–Trinajstić information content (AvgIpc) is 2.72. The quantitative estimate of drug-likeness (QED) is 0.628. The fourth-order valence-electron chi connectivity index (χ4n) is 3.15. The SMILES string of the molecule is CCN1C(=O)C(=O)N(CC(=O)N2c3ccccc3NC(=O)C[C@@H]2C)C1=O. The van der Waals surface area contributed by atoms with Gasteiger partial charge in [0.2, 0.25) is 11.8 Å². The van der Waals surface area contributed by atoms with Crippen LogP contribution in [0, 0.1) is 0 Å². The summed E-state index contributed by atoms with van der Waals surface area (Å²) < 4.78 is 0. The molecule has 6 amide bonds. The number of urea groups is 1.